The molecule has 4 rings (SSSR count). The van der Waals surface area contributed by atoms with Crippen molar-refractivity contribution in [1.82, 2.24) is 15.5 Å². The number of likely N-dealkylation sites (tertiary alicyclic amines) is 1. The third-order valence-corrected chi connectivity index (χ3v) is 6.23. The lowest BCUT2D eigenvalue weighted by Gasteiger charge is -2.29. The molecule has 2 N–H and O–H groups in total. The van der Waals surface area contributed by atoms with Crippen molar-refractivity contribution in [2.75, 3.05) is 20.1 Å². The highest BCUT2D eigenvalue weighted by Crippen LogP contribution is 2.41. The van der Waals surface area contributed by atoms with Gasteiger partial charge in [-0.1, -0.05) is 25.0 Å². The summed E-state index contributed by atoms with van der Waals surface area (Å²) in [6.07, 6.45) is 8.48. The van der Waals surface area contributed by atoms with Crippen LogP contribution in [0.15, 0.2) is 24.3 Å². The van der Waals surface area contributed by atoms with Gasteiger partial charge in [0.25, 0.3) is 5.91 Å². The van der Waals surface area contributed by atoms with Gasteiger partial charge < -0.3 is 15.5 Å². The molecule has 152 valence electrons. The maximum absolute atomic E-state index is 12.5. The fourth-order valence-corrected chi connectivity index (χ4v) is 4.48. The Labute approximate surface area is 175 Å². The summed E-state index contributed by atoms with van der Waals surface area (Å²) in [5.41, 5.74) is 2.15. The Morgan fingerprint density at radius 2 is 1.74 bits per heavy atom. The van der Waals surface area contributed by atoms with Gasteiger partial charge in [-0.3, -0.25) is 4.79 Å². The Bertz CT molecular complexity index is 613. The molecule has 0 aromatic heterocycles. The molecule has 4 nitrogen and oxygen atoms in total. The first-order valence-corrected chi connectivity index (χ1v) is 10.0. The van der Waals surface area contributed by atoms with Crippen molar-refractivity contribution >= 4 is 30.7 Å². The minimum absolute atomic E-state index is 0. The van der Waals surface area contributed by atoms with E-state index in [1.807, 2.05) is 12.1 Å². The molecule has 0 unspecified atom stereocenters. The van der Waals surface area contributed by atoms with Gasteiger partial charge in [-0.2, -0.15) is 0 Å². The van der Waals surface area contributed by atoms with E-state index in [1.165, 1.54) is 50.8 Å². The minimum Gasteiger partial charge on any atom is -0.349 e. The minimum atomic E-state index is 0. The molecule has 1 aliphatic heterocycles. The first-order chi connectivity index (χ1) is 12.2. The molecular weight excluding hydrogens is 381 g/mol. The largest absolute Gasteiger partial charge is 0.349 e. The maximum atomic E-state index is 12.5. The van der Waals surface area contributed by atoms with Crippen LogP contribution < -0.4 is 10.6 Å². The zero-order valence-corrected chi connectivity index (χ0v) is 17.8. The monoisotopic (exact) mass is 413 g/mol. The van der Waals surface area contributed by atoms with Gasteiger partial charge in [0.2, 0.25) is 0 Å². The Morgan fingerprint density at radius 1 is 1.04 bits per heavy atom. The van der Waals surface area contributed by atoms with E-state index in [0.29, 0.717) is 24.0 Å². The topological polar surface area (TPSA) is 44.4 Å². The van der Waals surface area contributed by atoms with E-state index in [2.05, 4.69) is 34.7 Å². The smallest absolute Gasteiger partial charge is 0.251 e. The molecule has 1 aromatic carbocycles. The molecule has 0 radical (unpaired) electrons. The Morgan fingerprint density at radius 3 is 2.44 bits per heavy atom. The number of piperidine rings is 1. The van der Waals surface area contributed by atoms with Crippen molar-refractivity contribution in [2.45, 2.75) is 69.0 Å². The predicted molar refractivity (Wildman–Crippen MR) is 115 cm³/mol. The van der Waals surface area contributed by atoms with Crippen LogP contribution in [0, 0.1) is 0 Å². The Kier molecular flexibility index (Phi) is 8.41. The first kappa shape index (κ1) is 22.5. The molecule has 27 heavy (non-hydrogen) atoms. The lowest BCUT2D eigenvalue weighted by molar-refractivity contribution is 0.0938. The summed E-state index contributed by atoms with van der Waals surface area (Å²) in [6, 6.07) is 9.95. The second-order valence-electron chi connectivity index (χ2n) is 8.27. The summed E-state index contributed by atoms with van der Waals surface area (Å²) in [6.45, 7) is 2.40. The van der Waals surface area contributed by atoms with Crippen LogP contribution in [0.4, 0.5) is 0 Å². The molecule has 0 spiro atoms. The molecule has 2 atom stereocenters. The summed E-state index contributed by atoms with van der Waals surface area (Å²) < 4.78 is 0. The van der Waals surface area contributed by atoms with Crippen molar-refractivity contribution in [3.63, 3.8) is 0 Å². The number of nitrogens with zero attached hydrogens (tertiary/aromatic N) is 1. The van der Waals surface area contributed by atoms with Crippen LogP contribution in [0.25, 0.3) is 0 Å². The molecule has 1 aromatic rings. The van der Waals surface area contributed by atoms with E-state index < -0.39 is 0 Å². The Hall–Kier alpha value is -0.810. The van der Waals surface area contributed by atoms with Crippen LogP contribution in [0.1, 0.15) is 66.8 Å². The van der Waals surface area contributed by atoms with Crippen molar-refractivity contribution in [2.24, 2.45) is 0 Å². The van der Waals surface area contributed by atoms with Crippen LogP contribution >= 0.6 is 24.8 Å². The summed E-state index contributed by atoms with van der Waals surface area (Å²) in [7, 11) is 2.21. The highest BCUT2D eigenvalue weighted by Gasteiger charge is 2.39. The van der Waals surface area contributed by atoms with Crippen molar-refractivity contribution in [3.8, 4) is 0 Å². The third kappa shape index (κ3) is 5.83. The average Bonchev–Trinajstić information content (AvgIpc) is 3.20. The summed E-state index contributed by atoms with van der Waals surface area (Å²) in [5, 5.41) is 7.05. The number of hydrogen-bond acceptors (Lipinski definition) is 3. The van der Waals surface area contributed by atoms with Gasteiger partial charge in [-0.15, -0.1) is 24.8 Å². The number of hydrogen-bond donors (Lipinski definition) is 2. The number of carbonyl (C=O) groups excluding carboxylic acids is 1. The number of carbonyl (C=O) groups is 1. The normalized spacial score (nSPS) is 26.1. The van der Waals surface area contributed by atoms with Gasteiger partial charge in [0.15, 0.2) is 0 Å². The fourth-order valence-electron chi connectivity index (χ4n) is 4.48. The predicted octanol–water partition coefficient (Wildman–Crippen LogP) is 3.74. The molecule has 3 fully saturated rings. The zero-order chi connectivity index (χ0) is 17.2. The number of amides is 1. The molecule has 3 aliphatic rings. The summed E-state index contributed by atoms with van der Waals surface area (Å²) >= 11 is 0. The van der Waals surface area contributed by atoms with Crippen molar-refractivity contribution in [1.29, 1.82) is 0 Å². The van der Waals surface area contributed by atoms with Gasteiger partial charge >= 0.3 is 0 Å². The van der Waals surface area contributed by atoms with E-state index in [9.17, 15) is 4.79 Å². The van der Waals surface area contributed by atoms with E-state index in [4.69, 9.17) is 0 Å². The summed E-state index contributed by atoms with van der Waals surface area (Å²) in [5.74, 6) is 0.688. The van der Waals surface area contributed by atoms with Gasteiger partial charge in [-0.05, 0) is 69.9 Å². The number of nitrogens with one attached hydrogen (secondary N) is 2. The van der Waals surface area contributed by atoms with E-state index >= 15 is 0 Å². The number of benzene rings is 1. The van der Waals surface area contributed by atoms with Gasteiger partial charge in [-0.25, -0.2) is 0 Å². The fraction of sp³-hybridized carbons (Fsp3) is 0.667. The van der Waals surface area contributed by atoms with Gasteiger partial charge in [0.1, 0.15) is 0 Å². The lowest BCUT2D eigenvalue weighted by Crippen LogP contribution is -2.42. The zero-order valence-electron chi connectivity index (χ0n) is 16.2. The highest BCUT2D eigenvalue weighted by atomic mass is 35.5. The van der Waals surface area contributed by atoms with E-state index in [1.54, 1.807) is 0 Å². The molecule has 2 aliphatic carbocycles. The first-order valence-electron chi connectivity index (χ1n) is 10.0. The number of halogens is 2. The molecule has 1 heterocycles. The van der Waals surface area contributed by atoms with Crippen molar-refractivity contribution in [3.05, 3.63) is 35.4 Å². The molecule has 6 heteroatoms. The summed E-state index contributed by atoms with van der Waals surface area (Å²) in [4.78, 5) is 14.9. The Balaban J connectivity index is 0.00000131. The van der Waals surface area contributed by atoms with Gasteiger partial charge in [0, 0.05) is 29.6 Å². The average molecular weight is 414 g/mol. The van der Waals surface area contributed by atoms with Gasteiger partial charge in [0.05, 0.1) is 0 Å². The molecular formula is C21H33Cl2N3O. The highest BCUT2D eigenvalue weighted by molar-refractivity contribution is 5.94. The number of rotatable bonds is 5. The van der Waals surface area contributed by atoms with Crippen LogP contribution in [-0.4, -0.2) is 49.1 Å². The van der Waals surface area contributed by atoms with Crippen LogP contribution in [-0.2, 0) is 0 Å². The second kappa shape index (κ2) is 10.1. The van der Waals surface area contributed by atoms with E-state index in [-0.39, 0.29) is 30.7 Å². The standard InChI is InChI=1S/C21H31N3O.2ClH/c1-24-11-9-18(10-12-24)22-20-14-19(20)15-5-4-6-16(13-15)21(25)23-17-7-2-3-8-17;;/h4-6,13,17-20,22H,2-3,7-12,14H2,1H3,(H,23,25);2*1H/t19-,20+;;/m0../s1. The van der Waals surface area contributed by atoms with Crippen LogP contribution in [0.5, 0.6) is 0 Å². The quantitative estimate of drug-likeness (QED) is 0.772. The SMILES string of the molecule is CN1CCC(N[C@@H]2C[C@H]2c2cccc(C(=O)NC3CCCC3)c2)CC1.Cl.Cl. The van der Waals surface area contributed by atoms with Crippen LogP contribution in [0.2, 0.25) is 0 Å². The maximum Gasteiger partial charge on any atom is 0.251 e. The lowest BCUT2D eigenvalue weighted by atomic mass is 10.0. The molecule has 1 amide bonds. The molecule has 2 saturated carbocycles. The van der Waals surface area contributed by atoms with E-state index in [0.717, 1.165) is 18.4 Å². The molecule has 0 bridgehead atoms. The molecule has 1 saturated heterocycles. The third-order valence-electron chi connectivity index (χ3n) is 6.23. The second-order valence-corrected chi connectivity index (χ2v) is 8.27. The van der Waals surface area contributed by atoms with Crippen molar-refractivity contribution < 1.29 is 4.79 Å². The van der Waals surface area contributed by atoms with Crippen LogP contribution in [0.3, 0.4) is 0 Å².